The molecule has 3 heterocycles. The SMILES string of the molecule is CNc1cccc(OC(F)(F)F)n1.C\C=C/C(=C\C(=C\CC)C(F)(F)F)c1cc2n(n1)CCCC2. The summed E-state index contributed by atoms with van der Waals surface area (Å²) >= 11 is 0. The Labute approximate surface area is 200 Å². The van der Waals surface area contributed by atoms with Crippen molar-refractivity contribution in [2.75, 3.05) is 12.4 Å². The summed E-state index contributed by atoms with van der Waals surface area (Å²) in [5.41, 5.74) is 1.60. The number of alkyl halides is 6. The number of hydrogen-bond acceptors (Lipinski definition) is 4. The summed E-state index contributed by atoms with van der Waals surface area (Å²) in [7, 11) is 1.56. The molecule has 0 fully saturated rings. The molecule has 0 atom stereocenters. The van der Waals surface area contributed by atoms with Crippen LogP contribution in [0.3, 0.4) is 0 Å². The van der Waals surface area contributed by atoms with Crippen molar-refractivity contribution in [3.05, 3.63) is 65.5 Å². The summed E-state index contributed by atoms with van der Waals surface area (Å²) in [6.07, 6.45) is 0.242. The Morgan fingerprint density at radius 2 is 1.91 bits per heavy atom. The third-order valence-electron chi connectivity index (χ3n) is 4.82. The minimum atomic E-state index is -4.70. The Morgan fingerprint density at radius 1 is 1.17 bits per heavy atom. The van der Waals surface area contributed by atoms with Crippen LogP contribution in [-0.2, 0) is 13.0 Å². The smallest absolute Gasteiger partial charge is 0.388 e. The summed E-state index contributed by atoms with van der Waals surface area (Å²) in [4.78, 5) is 3.52. The molecule has 0 amide bonds. The summed E-state index contributed by atoms with van der Waals surface area (Å²) < 4.78 is 79.8. The molecule has 11 heteroatoms. The molecule has 2 aromatic rings. The lowest BCUT2D eigenvalue weighted by molar-refractivity contribution is -0.276. The molecule has 0 bridgehead atoms. The quantitative estimate of drug-likeness (QED) is 0.338. The number of fused-ring (bicyclic) bond motifs is 1. The van der Waals surface area contributed by atoms with Crippen molar-refractivity contribution in [3.63, 3.8) is 0 Å². The molecule has 2 aromatic heterocycles. The average Bonchev–Trinajstić information content (AvgIpc) is 3.21. The molecular formula is C24H28F6N4O. The second kappa shape index (κ2) is 12.5. The lowest BCUT2D eigenvalue weighted by Gasteiger charge is -2.11. The van der Waals surface area contributed by atoms with Crippen LogP contribution in [0.2, 0.25) is 0 Å². The van der Waals surface area contributed by atoms with Gasteiger partial charge in [0.15, 0.2) is 0 Å². The van der Waals surface area contributed by atoms with E-state index in [9.17, 15) is 26.3 Å². The maximum Gasteiger partial charge on any atom is 0.574 e. The predicted molar refractivity (Wildman–Crippen MR) is 123 cm³/mol. The van der Waals surface area contributed by atoms with Gasteiger partial charge in [0.1, 0.15) is 5.82 Å². The van der Waals surface area contributed by atoms with Gasteiger partial charge in [0, 0.05) is 30.9 Å². The van der Waals surface area contributed by atoms with E-state index in [4.69, 9.17) is 0 Å². The monoisotopic (exact) mass is 502 g/mol. The molecule has 5 nitrogen and oxygen atoms in total. The molecular weight excluding hydrogens is 474 g/mol. The number of anilines is 1. The first-order valence-electron chi connectivity index (χ1n) is 11.1. The maximum atomic E-state index is 13.1. The molecule has 0 spiro atoms. The van der Waals surface area contributed by atoms with Crippen LogP contribution in [0.15, 0.2) is 54.1 Å². The molecule has 35 heavy (non-hydrogen) atoms. The first-order valence-corrected chi connectivity index (χ1v) is 11.1. The van der Waals surface area contributed by atoms with Crippen molar-refractivity contribution >= 4 is 11.4 Å². The third-order valence-corrected chi connectivity index (χ3v) is 4.82. The Kier molecular flexibility index (Phi) is 9.97. The number of rotatable bonds is 6. The van der Waals surface area contributed by atoms with Gasteiger partial charge in [-0.15, -0.1) is 13.2 Å². The van der Waals surface area contributed by atoms with Crippen molar-refractivity contribution < 1.29 is 31.1 Å². The van der Waals surface area contributed by atoms with E-state index >= 15 is 0 Å². The normalized spacial score (nSPS) is 14.9. The summed E-state index contributed by atoms with van der Waals surface area (Å²) in [5.74, 6) is -0.152. The summed E-state index contributed by atoms with van der Waals surface area (Å²) in [6, 6.07) is 5.99. The fourth-order valence-electron chi connectivity index (χ4n) is 3.32. The Hall–Kier alpha value is -3.24. The zero-order chi connectivity index (χ0) is 26.1. The summed E-state index contributed by atoms with van der Waals surface area (Å²) in [5, 5.41) is 7.06. The van der Waals surface area contributed by atoms with Crippen LogP contribution in [0.1, 0.15) is 44.5 Å². The molecule has 0 aliphatic carbocycles. The standard InChI is InChI=1S/C17H21F3N2.C7H7F3N2O/c1-3-7-13(11-14(8-4-2)17(18,19)20)16-12-15-9-5-6-10-22(15)21-16;1-11-5-3-2-4-6(12-5)13-7(8,9)10/h3,7-8,11-12H,4-6,9-10H2,1-2H3;2-4H,1H3,(H,11,12)/b7-3-,13-11+,14-8-;. The highest BCUT2D eigenvalue weighted by molar-refractivity contribution is 5.74. The van der Waals surface area contributed by atoms with Crippen molar-refractivity contribution in [2.24, 2.45) is 0 Å². The number of pyridine rings is 1. The lowest BCUT2D eigenvalue weighted by Crippen LogP contribution is -2.18. The van der Waals surface area contributed by atoms with Crippen molar-refractivity contribution in [3.8, 4) is 5.88 Å². The van der Waals surface area contributed by atoms with Crippen LogP contribution in [0, 0.1) is 0 Å². The van der Waals surface area contributed by atoms with Crippen LogP contribution >= 0.6 is 0 Å². The van der Waals surface area contributed by atoms with Crippen molar-refractivity contribution in [2.45, 2.75) is 58.6 Å². The minimum absolute atomic E-state index is 0.321. The number of aryl methyl sites for hydroxylation is 2. The second-order valence-corrected chi connectivity index (χ2v) is 7.53. The van der Waals surface area contributed by atoms with Crippen LogP contribution < -0.4 is 10.1 Å². The van der Waals surface area contributed by atoms with E-state index in [0.29, 0.717) is 23.5 Å². The summed E-state index contributed by atoms with van der Waals surface area (Å²) in [6.45, 7) is 4.33. The highest BCUT2D eigenvalue weighted by Gasteiger charge is 2.32. The molecule has 1 aliphatic rings. The molecule has 0 radical (unpaired) electrons. The minimum Gasteiger partial charge on any atom is -0.388 e. The second-order valence-electron chi connectivity index (χ2n) is 7.53. The number of hydrogen-bond donors (Lipinski definition) is 1. The van der Waals surface area contributed by atoms with Crippen LogP contribution in [0.5, 0.6) is 5.88 Å². The number of nitrogens with zero attached hydrogens (tertiary/aromatic N) is 3. The van der Waals surface area contributed by atoms with Crippen molar-refractivity contribution in [1.82, 2.24) is 14.8 Å². The number of aromatic nitrogens is 3. The van der Waals surface area contributed by atoms with Crippen LogP contribution in [0.4, 0.5) is 32.2 Å². The van der Waals surface area contributed by atoms with E-state index in [-0.39, 0.29) is 0 Å². The van der Waals surface area contributed by atoms with E-state index < -0.39 is 24.0 Å². The third kappa shape index (κ3) is 9.14. The Balaban J connectivity index is 0.000000283. The average molecular weight is 503 g/mol. The molecule has 3 rings (SSSR count). The topological polar surface area (TPSA) is 52.0 Å². The highest BCUT2D eigenvalue weighted by Crippen LogP contribution is 2.31. The highest BCUT2D eigenvalue weighted by atomic mass is 19.4. The molecule has 1 aliphatic heterocycles. The lowest BCUT2D eigenvalue weighted by atomic mass is 10.0. The molecule has 192 valence electrons. The zero-order valence-electron chi connectivity index (χ0n) is 19.7. The van der Waals surface area contributed by atoms with Gasteiger partial charge in [0.25, 0.3) is 0 Å². The number of nitrogens with one attached hydrogen (secondary N) is 1. The molecule has 1 N–H and O–H groups in total. The van der Waals surface area contributed by atoms with Gasteiger partial charge in [-0.3, -0.25) is 4.68 Å². The van der Waals surface area contributed by atoms with Gasteiger partial charge in [-0.25, -0.2) is 0 Å². The molecule has 0 unspecified atom stereocenters. The van der Waals surface area contributed by atoms with Crippen LogP contribution in [-0.4, -0.2) is 34.4 Å². The number of halogens is 6. The van der Waals surface area contributed by atoms with Gasteiger partial charge in [0.2, 0.25) is 5.88 Å². The van der Waals surface area contributed by atoms with Gasteiger partial charge >= 0.3 is 12.5 Å². The van der Waals surface area contributed by atoms with Gasteiger partial charge < -0.3 is 10.1 Å². The van der Waals surface area contributed by atoms with Gasteiger partial charge in [-0.1, -0.05) is 31.2 Å². The first kappa shape index (κ1) is 28.0. The van der Waals surface area contributed by atoms with E-state index in [1.54, 1.807) is 33.0 Å². The van der Waals surface area contributed by atoms with E-state index in [1.165, 1.54) is 24.3 Å². The van der Waals surface area contributed by atoms with Crippen molar-refractivity contribution in [1.29, 1.82) is 0 Å². The van der Waals surface area contributed by atoms with Gasteiger partial charge in [0.05, 0.1) is 11.3 Å². The van der Waals surface area contributed by atoms with Gasteiger partial charge in [-0.05, 0) is 50.8 Å². The van der Waals surface area contributed by atoms with E-state index in [0.717, 1.165) is 37.6 Å². The first-order chi connectivity index (χ1) is 16.5. The predicted octanol–water partition coefficient (Wildman–Crippen LogP) is 7.10. The van der Waals surface area contributed by atoms with Gasteiger partial charge in [-0.2, -0.15) is 23.3 Å². The molecule has 0 aromatic carbocycles. The largest absolute Gasteiger partial charge is 0.574 e. The van der Waals surface area contributed by atoms with E-state index in [2.05, 4.69) is 20.1 Å². The fraction of sp³-hybridized carbons (Fsp3) is 0.417. The Bertz CT molecular complexity index is 1030. The zero-order valence-corrected chi connectivity index (χ0v) is 19.7. The fourth-order valence-corrected chi connectivity index (χ4v) is 3.32. The maximum absolute atomic E-state index is 13.1. The Morgan fingerprint density at radius 3 is 2.49 bits per heavy atom. The molecule has 0 saturated carbocycles. The number of allylic oxidation sites excluding steroid dienone is 6. The molecule has 0 saturated heterocycles. The number of ether oxygens (including phenoxy) is 1. The van der Waals surface area contributed by atoms with E-state index in [1.807, 2.05) is 10.7 Å². The van der Waals surface area contributed by atoms with Crippen LogP contribution in [0.25, 0.3) is 5.57 Å².